The number of ether oxygens (including phenoxy) is 2. The van der Waals surface area contributed by atoms with Crippen LogP contribution in [0.2, 0.25) is 0 Å². The van der Waals surface area contributed by atoms with E-state index in [1.165, 1.54) is 18.2 Å². The normalized spacial score (nSPS) is 10.2. The largest absolute Gasteiger partial charge is 0.482 e. The molecule has 0 atom stereocenters. The number of halogens is 1. The Morgan fingerprint density at radius 2 is 1.05 bits per heavy atom. The molecule has 0 aliphatic heterocycles. The van der Waals surface area contributed by atoms with Crippen LogP contribution in [-0.4, -0.2) is 15.0 Å². The van der Waals surface area contributed by atoms with E-state index in [0.717, 1.165) is 16.7 Å². The number of hydrogen-bond acceptors (Lipinski definition) is 7. The Balaban J connectivity index is 0.000000211. The van der Waals surface area contributed by atoms with Crippen molar-refractivity contribution in [2.24, 2.45) is 0 Å². The first-order valence-corrected chi connectivity index (χ1v) is 12.6. The van der Waals surface area contributed by atoms with E-state index in [1.54, 1.807) is 12.1 Å². The van der Waals surface area contributed by atoms with Gasteiger partial charge in [0.1, 0.15) is 13.2 Å². The zero-order valence-corrected chi connectivity index (χ0v) is 21.8. The number of rotatable bonds is 10. The second-order valence-corrected chi connectivity index (χ2v) is 8.52. The van der Waals surface area contributed by atoms with Crippen molar-refractivity contribution >= 4 is 27.3 Å². The molecule has 0 aliphatic rings. The average Bonchev–Trinajstić information content (AvgIpc) is 2.96. The van der Waals surface area contributed by atoms with Crippen LogP contribution in [0.4, 0.5) is 11.4 Å². The zero-order chi connectivity index (χ0) is 27.3. The van der Waals surface area contributed by atoms with E-state index >= 15 is 0 Å². The van der Waals surface area contributed by atoms with Gasteiger partial charge >= 0.3 is 11.4 Å². The Bertz CT molecular complexity index is 1250. The molecule has 38 heavy (non-hydrogen) atoms. The lowest BCUT2D eigenvalue weighted by molar-refractivity contribution is -0.386. The Morgan fingerprint density at radius 1 is 0.632 bits per heavy atom. The molecular formula is C28H25BrN2O7. The van der Waals surface area contributed by atoms with Gasteiger partial charge in [-0.25, -0.2) is 0 Å². The lowest BCUT2D eigenvalue weighted by Crippen LogP contribution is -2.00. The highest BCUT2D eigenvalue weighted by Gasteiger charge is 2.17. The van der Waals surface area contributed by atoms with Crippen molar-refractivity contribution in [3.05, 3.63) is 140 Å². The van der Waals surface area contributed by atoms with Gasteiger partial charge < -0.3 is 14.6 Å². The fraction of sp³-hybridized carbons (Fsp3) is 0.143. The fourth-order valence-electron chi connectivity index (χ4n) is 3.31. The molecule has 0 fully saturated rings. The van der Waals surface area contributed by atoms with Gasteiger partial charge in [0.15, 0.2) is 11.5 Å². The minimum atomic E-state index is -0.514. The first-order valence-electron chi connectivity index (χ1n) is 11.5. The van der Waals surface area contributed by atoms with E-state index < -0.39 is 9.85 Å². The SMILES string of the molecule is O=[N+]([O-])c1cc(CBr)ccc1OCc1ccccc1.O=[N+]([O-])c1cc(CO)ccc1OCc1ccccc1. The minimum absolute atomic E-state index is 0.00659. The van der Waals surface area contributed by atoms with Gasteiger partial charge in [0.05, 0.1) is 16.5 Å². The predicted octanol–water partition coefficient (Wildman–Crippen LogP) is 6.73. The summed E-state index contributed by atoms with van der Waals surface area (Å²) in [7, 11) is 0. The quantitative estimate of drug-likeness (QED) is 0.125. The van der Waals surface area contributed by atoms with E-state index in [4.69, 9.17) is 14.6 Å². The summed E-state index contributed by atoms with van der Waals surface area (Å²) in [5.74, 6) is 0.490. The van der Waals surface area contributed by atoms with Crippen molar-refractivity contribution in [2.75, 3.05) is 0 Å². The lowest BCUT2D eigenvalue weighted by Gasteiger charge is -2.07. The van der Waals surface area contributed by atoms with Gasteiger partial charge in [0, 0.05) is 17.5 Å². The highest BCUT2D eigenvalue weighted by molar-refractivity contribution is 9.08. The summed E-state index contributed by atoms with van der Waals surface area (Å²) in [5.41, 5.74) is 3.09. The van der Waals surface area contributed by atoms with Crippen molar-refractivity contribution in [3.8, 4) is 11.5 Å². The summed E-state index contributed by atoms with van der Waals surface area (Å²) in [6.45, 7) is 0.343. The zero-order valence-electron chi connectivity index (χ0n) is 20.2. The average molecular weight is 581 g/mol. The molecule has 4 aromatic rings. The van der Waals surface area contributed by atoms with Crippen LogP contribution in [0.25, 0.3) is 0 Å². The molecular weight excluding hydrogens is 556 g/mol. The lowest BCUT2D eigenvalue weighted by atomic mass is 10.2. The molecule has 4 rings (SSSR count). The number of nitro benzene ring substituents is 2. The Labute approximate surface area is 227 Å². The summed E-state index contributed by atoms with van der Waals surface area (Å²) in [5, 5.41) is 31.5. The number of aliphatic hydroxyl groups excluding tert-OH is 1. The van der Waals surface area contributed by atoms with E-state index in [0.29, 0.717) is 23.2 Å². The van der Waals surface area contributed by atoms with Crippen molar-refractivity contribution in [2.45, 2.75) is 25.2 Å². The summed E-state index contributed by atoms with van der Waals surface area (Å²) in [4.78, 5) is 21.0. The molecule has 0 spiro atoms. The predicted molar refractivity (Wildman–Crippen MR) is 146 cm³/mol. The summed E-state index contributed by atoms with van der Waals surface area (Å²) in [6, 6.07) is 28.4. The van der Waals surface area contributed by atoms with E-state index in [9.17, 15) is 20.2 Å². The van der Waals surface area contributed by atoms with Crippen molar-refractivity contribution in [1.82, 2.24) is 0 Å². The molecule has 1 N–H and O–H groups in total. The van der Waals surface area contributed by atoms with Crippen LogP contribution in [0.3, 0.4) is 0 Å². The van der Waals surface area contributed by atoms with Gasteiger partial charge in [-0.15, -0.1) is 0 Å². The Hall–Kier alpha value is -4.28. The molecule has 0 radical (unpaired) electrons. The molecule has 4 aromatic carbocycles. The van der Waals surface area contributed by atoms with Crippen LogP contribution in [-0.2, 0) is 25.2 Å². The molecule has 196 valence electrons. The molecule has 0 amide bonds. The van der Waals surface area contributed by atoms with Crippen LogP contribution in [0.1, 0.15) is 22.3 Å². The second-order valence-electron chi connectivity index (χ2n) is 7.96. The van der Waals surface area contributed by atoms with Crippen LogP contribution in [0.15, 0.2) is 97.1 Å². The molecule has 9 nitrogen and oxygen atoms in total. The third kappa shape index (κ3) is 8.39. The maximum Gasteiger partial charge on any atom is 0.311 e. The number of alkyl halides is 1. The molecule has 0 saturated heterocycles. The number of aliphatic hydroxyl groups is 1. The molecule has 0 aliphatic carbocycles. The van der Waals surface area contributed by atoms with Gasteiger partial charge in [0.25, 0.3) is 0 Å². The van der Waals surface area contributed by atoms with Crippen LogP contribution >= 0.6 is 15.9 Å². The third-order valence-corrected chi connectivity index (χ3v) is 5.90. The number of hydrogen-bond donors (Lipinski definition) is 1. The third-order valence-electron chi connectivity index (χ3n) is 5.25. The fourth-order valence-corrected chi connectivity index (χ4v) is 3.66. The van der Waals surface area contributed by atoms with Gasteiger partial charge in [0.2, 0.25) is 0 Å². The Kier molecular flexibility index (Phi) is 10.8. The summed E-state index contributed by atoms with van der Waals surface area (Å²) >= 11 is 3.28. The van der Waals surface area contributed by atoms with E-state index in [-0.39, 0.29) is 30.3 Å². The van der Waals surface area contributed by atoms with Gasteiger partial charge in [-0.3, -0.25) is 20.2 Å². The van der Waals surface area contributed by atoms with Crippen LogP contribution in [0, 0.1) is 20.2 Å². The molecule has 10 heteroatoms. The highest BCUT2D eigenvalue weighted by Crippen LogP contribution is 2.30. The minimum Gasteiger partial charge on any atom is -0.482 e. The number of benzene rings is 4. The summed E-state index contributed by atoms with van der Waals surface area (Å²) < 4.78 is 11.0. The molecule has 0 saturated carbocycles. The highest BCUT2D eigenvalue weighted by atomic mass is 79.9. The second kappa shape index (κ2) is 14.5. The maximum atomic E-state index is 11.0. The van der Waals surface area contributed by atoms with Crippen molar-refractivity contribution in [3.63, 3.8) is 0 Å². The first kappa shape index (κ1) is 28.3. The van der Waals surface area contributed by atoms with Gasteiger partial charge in [-0.05, 0) is 34.4 Å². The van der Waals surface area contributed by atoms with Crippen LogP contribution in [0.5, 0.6) is 11.5 Å². The first-order chi connectivity index (χ1) is 18.4. The number of nitro groups is 2. The number of nitrogens with zero attached hydrogens (tertiary/aromatic N) is 2. The van der Waals surface area contributed by atoms with Gasteiger partial charge in [-0.2, -0.15) is 0 Å². The smallest absolute Gasteiger partial charge is 0.311 e. The monoisotopic (exact) mass is 580 g/mol. The van der Waals surface area contributed by atoms with Crippen molar-refractivity contribution in [1.29, 1.82) is 0 Å². The maximum absolute atomic E-state index is 11.0. The van der Waals surface area contributed by atoms with Crippen LogP contribution < -0.4 is 9.47 Å². The van der Waals surface area contributed by atoms with Gasteiger partial charge in [-0.1, -0.05) is 88.7 Å². The molecule has 0 unspecified atom stereocenters. The van der Waals surface area contributed by atoms with E-state index in [1.807, 2.05) is 66.7 Å². The summed E-state index contributed by atoms with van der Waals surface area (Å²) in [6.07, 6.45) is 0. The standard InChI is InChI=1S/C14H12BrNO3.C14H13NO4/c15-9-12-6-7-14(13(8-12)16(17)18)19-10-11-4-2-1-3-5-11;16-9-12-6-7-14(13(8-12)15(17)18)19-10-11-4-2-1-3-5-11/h1-8H,9-10H2;1-8,16H,9-10H2. The molecule has 0 heterocycles. The molecule has 0 bridgehead atoms. The molecule has 0 aromatic heterocycles. The topological polar surface area (TPSA) is 125 Å². The van der Waals surface area contributed by atoms with Crippen molar-refractivity contribution < 1.29 is 24.4 Å². The Morgan fingerprint density at radius 3 is 1.45 bits per heavy atom. The van der Waals surface area contributed by atoms with E-state index in [2.05, 4.69) is 15.9 Å².